The van der Waals surface area contributed by atoms with Gasteiger partial charge in [0, 0.05) is 30.4 Å². The van der Waals surface area contributed by atoms with Gasteiger partial charge in [-0.15, -0.1) is 0 Å². The lowest BCUT2D eigenvalue weighted by Crippen LogP contribution is -2.56. The second-order valence-corrected chi connectivity index (χ2v) is 5.58. The normalized spacial score (nSPS) is 16.3. The maximum Gasteiger partial charge on any atom is 0.309 e. The van der Waals surface area contributed by atoms with Crippen molar-refractivity contribution in [3.05, 3.63) is 42.2 Å². The zero-order valence-corrected chi connectivity index (χ0v) is 12.9. The first-order chi connectivity index (χ1) is 11.6. The smallest absolute Gasteiger partial charge is 0.309 e. The van der Waals surface area contributed by atoms with E-state index in [4.69, 9.17) is 5.73 Å². The zero-order valence-electron chi connectivity index (χ0n) is 12.9. The molecule has 1 unspecified atom stereocenters. The zero-order chi connectivity index (χ0) is 17.1. The van der Waals surface area contributed by atoms with Crippen LogP contribution in [0.3, 0.4) is 0 Å². The van der Waals surface area contributed by atoms with Crippen LogP contribution in [-0.2, 0) is 9.59 Å². The SMILES string of the molecule is NC(=O)C(=O)NCC1CCN1C(=O)c1ccc(-c2cn[nH]c2)cc1. The van der Waals surface area contributed by atoms with Crippen LogP contribution in [0.2, 0.25) is 0 Å². The summed E-state index contributed by atoms with van der Waals surface area (Å²) in [5, 5.41) is 9.07. The number of hydrogen-bond acceptors (Lipinski definition) is 4. The molecule has 3 amide bonds. The number of primary amides is 1. The number of benzene rings is 1. The summed E-state index contributed by atoms with van der Waals surface area (Å²) in [4.78, 5) is 36.1. The van der Waals surface area contributed by atoms with E-state index in [0.717, 1.165) is 17.5 Å². The molecule has 1 saturated heterocycles. The van der Waals surface area contributed by atoms with Crippen molar-refractivity contribution >= 4 is 17.7 Å². The maximum absolute atomic E-state index is 12.5. The van der Waals surface area contributed by atoms with Crippen molar-refractivity contribution in [2.45, 2.75) is 12.5 Å². The summed E-state index contributed by atoms with van der Waals surface area (Å²) < 4.78 is 0. The van der Waals surface area contributed by atoms with E-state index in [9.17, 15) is 14.4 Å². The lowest BCUT2D eigenvalue weighted by Gasteiger charge is -2.41. The fraction of sp³-hybridized carbons (Fsp3) is 0.250. The van der Waals surface area contributed by atoms with Crippen LogP contribution in [0.1, 0.15) is 16.8 Å². The fourth-order valence-corrected chi connectivity index (χ4v) is 2.60. The summed E-state index contributed by atoms with van der Waals surface area (Å²) in [5.74, 6) is -1.96. The number of likely N-dealkylation sites (tertiary alicyclic amines) is 1. The Kier molecular flexibility index (Phi) is 4.28. The standard InChI is InChI=1S/C16H17N5O3/c17-14(22)15(23)18-9-13-5-6-21(13)16(24)11-3-1-10(2-4-11)12-7-19-20-8-12/h1-4,7-8,13H,5-6,9H2,(H2,17,22)(H,18,23)(H,19,20). The molecule has 1 aromatic carbocycles. The third-order valence-corrected chi connectivity index (χ3v) is 4.09. The average molecular weight is 327 g/mol. The van der Waals surface area contributed by atoms with Crippen molar-refractivity contribution in [1.29, 1.82) is 0 Å². The Labute approximate surface area is 138 Å². The number of hydrogen-bond donors (Lipinski definition) is 3. The highest BCUT2D eigenvalue weighted by Crippen LogP contribution is 2.22. The van der Waals surface area contributed by atoms with E-state index in [2.05, 4.69) is 15.5 Å². The van der Waals surface area contributed by atoms with Crippen LogP contribution in [0.15, 0.2) is 36.7 Å². The first-order valence-corrected chi connectivity index (χ1v) is 7.54. The topological polar surface area (TPSA) is 121 Å². The second-order valence-electron chi connectivity index (χ2n) is 5.58. The highest BCUT2D eigenvalue weighted by atomic mass is 16.2. The van der Waals surface area contributed by atoms with E-state index in [1.165, 1.54) is 0 Å². The van der Waals surface area contributed by atoms with Crippen LogP contribution >= 0.6 is 0 Å². The molecule has 1 aromatic heterocycles. The van der Waals surface area contributed by atoms with Crippen LogP contribution in [0.5, 0.6) is 0 Å². The maximum atomic E-state index is 12.5. The molecule has 124 valence electrons. The van der Waals surface area contributed by atoms with E-state index in [0.29, 0.717) is 12.1 Å². The number of nitrogens with one attached hydrogen (secondary N) is 2. The summed E-state index contributed by atoms with van der Waals surface area (Å²) in [6.07, 6.45) is 4.27. The predicted octanol–water partition coefficient (Wildman–Crippen LogP) is -0.107. The summed E-state index contributed by atoms with van der Waals surface area (Å²) in [6, 6.07) is 7.14. The van der Waals surface area contributed by atoms with Gasteiger partial charge in [0.15, 0.2) is 0 Å². The highest BCUT2D eigenvalue weighted by molar-refractivity contribution is 6.34. The average Bonchev–Trinajstić information content (AvgIpc) is 3.08. The number of nitrogens with zero attached hydrogens (tertiary/aromatic N) is 2. The van der Waals surface area contributed by atoms with Gasteiger partial charge in [0.05, 0.1) is 12.2 Å². The molecular weight excluding hydrogens is 310 g/mol. The third-order valence-electron chi connectivity index (χ3n) is 4.09. The molecule has 1 aliphatic heterocycles. The summed E-state index contributed by atoms with van der Waals surface area (Å²) in [5.41, 5.74) is 7.38. The van der Waals surface area contributed by atoms with Crippen molar-refractivity contribution in [1.82, 2.24) is 20.4 Å². The number of aromatic nitrogens is 2. The molecule has 24 heavy (non-hydrogen) atoms. The van der Waals surface area contributed by atoms with Crippen LogP contribution in [0.4, 0.5) is 0 Å². The molecule has 2 aromatic rings. The van der Waals surface area contributed by atoms with Gasteiger partial charge >= 0.3 is 11.8 Å². The lowest BCUT2D eigenvalue weighted by molar-refractivity contribution is -0.137. The van der Waals surface area contributed by atoms with E-state index < -0.39 is 11.8 Å². The molecule has 8 heteroatoms. The minimum atomic E-state index is -1.03. The molecule has 4 N–H and O–H groups in total. The Hall–Kier alpha value is -3.16. The predicted molar refractivity (Wildman–Crippen MR) is 85.7 cm³/mol. The first-order valence-electron chi connectivity index (χ1n) is 7.54. The van der Waals surface area contributed by atoms with Gasteiger partial charge in [0.2, 0.25) is 0 Å². The molecule has 0 aliphatic carbocycles. The van der Waals surface area contributed by atoms with E-state index in [1.54, 1.807) is 29.4 Å². The minimum absolute atomic E-state index is 0.0988. The monoisotopic (exact) mass is 327 g/mol. The number of H-pyrrole nitrogens is 1. The van der Waals surface area contributed by atoms with Gasteiger partial charge in [-0.05, 0) is 24.1 Å². The Bertz CT molecular complexity index is 755. The number of aromatic amines is 1. The molecular formula is C16H17N5O3. The minimum Gasteiger partial charge on any atom is -0.361 e. The summed E-state index contributed by atoms with van der Waals surface area (Å²) >= 11 is 0. The van der Waals surface area contributed by atoms with Crippen LogP contribution < -0.4 is 11.1 Å². The summed E-state index contributed by atoms with van der Waals surface area (Å²) in [6.45, 7) is 0.847. The van der Waals surface area contributed by atoms with Crippen LogP contribution in [-0.4, -0.2) is 52.0 Å². The molecule has 1 atom stereocenters. The van der Waals surface area contributed by atoms with E-state index >= 15 is 0 Å². The molecule has 0 radical (unpaired) electrons. The van der Waals surface area contributed by atoms with Gasteiger partial charge in [0.1, 0.15) is 0 Å². The second kappa shape index (κ2) is 6.53. The number of nitrogens with two attached hydrogens (primary N) is 1. The first kappa shape index (κ1) is 15.7. The van der Waals surface area contributed by atoms with Gasteiger partial charge in [0.25, 0.3) is 5.91 Å². The van der Waals surface area contributed by atoms with E-state index in [-0.39, 0.29) is 18.5 Å². The van der Waals surface area contributed by atoms with Gasteiger partial charge in [-0.1, -0.05) is 12.1 Å². The van der Waals surface area contributed by atoms with E-state index in [1.807, 2.05) is 12.1 Å². The van der Waals surface area contributed by atoms with Crippen molar-refractivity contribution in [3.63, 3.8) is 0 Å². The fourth-order valence-electron chi connectivity index (χ4n) is 2.60. The van der Waals surface area contributed by atoms with Gasteiger partial charge in [-0.2, -0.15) is 5.10 Å². The van der Waals surface area contributed by atoms with Gasteiger partial charge in [-0.3, -0.25) is 19.5 Å². The van der Waals surface area contributed by atoms with Crippen molar-refractivity contribution < 1.29 is 14.4 Å². The molecule has 0 saturated carbocycles. The molecule has 1 fully saturated rings. The Morgan fingerprint density at radius 1 is 1.25 bits per heavy atom. The van der Waals surface area contributed by atoms with Crippen molar-refractivity contribution in [3.8, 4) is 11.1 Å². The molecule has 8 nitrogen and oxygen atoms in total. The molecule has 2 heterocycles. The van der Waals surface area contributed by atoms with Crippen LogP contribution in [0.25, 0.3) is 11.1 Å². The molecule has 0 spiro atoms. The van der Waals surface area contributed by atoms with Crippen molar-refractivity contribution in [2.75, 3.05) is 13.1 Å². The number of carbonyl (C=O) groups is 3. The number of carbonyl (C=O) groups excluding carboxylic acids is 3. The van der Waals surface area contributed by atoms with Gasteiger partial charge < -0.3 is 16.0 Å². The third kappa shape index (κ3) is 3.12. The lowest BCUT2D eigenvalue weighted by atomic mass is 10.00. The Balaban J connectivity index is 1.62. The number of rotatable bonds is 4. The van der Waals surface area contributed by atoms with Crippen LogP contribution in [0, 0.1) is 0 Å². The van der Waals surface area contributed by atoms with Crippen molar-refractivity contribution in [2.24, 2.45) is 5.73 Å². The summed E-state index contributed by atoms with van der Waals surface area (Å²) in [7, 11) is 0. The molecule has 1 aliphatic rings. The quantitative estimate of drug-likeness (QED) is 0.678. The molecule has 0 bridgehead atoms. The number of amides is 3. The van der Waals surface area contributed by atoms with Gasteiger partial charge in [-0.25, -0.2) is 0 Å². The largest absolute Gasteiger partial charge is 0.361 e. The Morgan fingerprint density at radius 3 is 2.54 bits per heavy atom. The Morgan fingerprint density at radius 2 is 2.00 bits per heavy atom. The highest BCUT2D eigenvalue weighted by Gasteiger charge is 2.33. The molecule has 3 rings (SSSR count).